The van der Waals surface area contributed by atoms with Crippen molar-refractivity contribution >= 4 is 11.8 Å². The Morgan fingerprint density at radius 3 is 1.54 bits per heavy atom. The van der Waals surface area contributed by atoms with Gasteiger partial charge in [0, 0.05) is 19.4 Å². The number of allylic oxidation sites excluding steroid dienone is 8. The minimum absolute atomic E-state index is 0.0787. The average Bonchev–Trinajstić information content (AvgIpc) is 3.12. The molecule has 0 bridgehead atoms. The number of unbranched alkanes of at least 4 members (excludes halogenated alkanes) is 16. The van der Waals surface area contributed by atoms with Crippen molar-refractivity contribution in [3.8, 4) is 5.75 Å². The molecule has 0 fully saturated rings. The van der Waals surface area contributed by atoms with E-state index in [1.807, 2.05) is 26.2 Å². The van der Waals surface area contributed by atoms with Crippen LogP contribution < -0.4 is 4.74 Å². The zero-order chi connectivity index (χ0) is 37.7. The Kier molecular flexibility index (Phi) is 31.8. The summed E-state index contributed by atoms with van der Waals surface area (Å²) in [6.07, 6.45) is 45.0. The molecule has 0 radical (unpaired) electrons. The maximum atomic E-state index is 12.6. The van der Waals surface area contributed by atoms with E-state index in [4.69, 9.17) is 9.47 Å². The summed E-state index contributed by atoms with van der Waals surface area (Å²) in [5, 5.41) is 0. The Balaban J connectivity index is 2.22. The van der Waals surface area contributed by atoms with E-state index in [0.717, 1.165) is 75.5 Å². The summed E-state index contributed by atoms with van der Waals surface area (Å²) in [5.41, 5.74) is 1.97. The Bertz CT molecular complexity index is 1050. The van der Waals surface area contributed by atoms with Crippen molar-refractivity contribution in [2.24, 2.45) is 0 Å². The predicted molar refractivity (Wildman–Crippen MR) is 223 cm³/mol. The number of hydrogen-bond donors (Lipinski definition) is 0. The fourth-order valence-corrected chi connectivity index (χ4v) is 6.04. The SMILES string of the molecule is CCCCCC=CCC=CCCCCCCCC(=O)COc1cc(COC(=O)CCCCCCCC=CCC=CCCCCC)cc(CN(C)C)c1. The molecule has 1 aromatic rings. The molecule has 0 aliphatic rings. The number of rotatable bonds is 35. The third kappa shape index (κ3) is 30.7. The lowest BCUT2D eigenvalue weighted by Gasteiger charge is -2.14. The van der Waals surface area contributed by atoms with Crippen molar-refractivity contribution in [3.05, 3.63) is 77.9 Å². The zero-order valence-corrected chi connectivity index (χ0v) is 34.0. The normalized spacial score (nSPS) is 12.0. The van der Waals surface area contributed by atoms with Gasteiger partial charge in [0.2, 0.25) is 0 Å². The van der Waals surface area contributed by atoms with Crippen LogP contribution in [-0.4, -0.2) is 37.4 Å². The van der Waals surface area contributed by atoms with Crippen LogP contribution in [0.2, 0.25) is 0 Å². The van der Waals surface area contributed by atoms with E-state index in [1.165, 1.54) is 83.5 Å². The number of carbonyl (C=O) groups is 2. The molecule has 0 amide bonds. The second-order valence-electron chi connectivity index (χ2n) is 14.7. The number of benzene rings is 1. The summed E-state index contributed by atoms with van der Waals surface area (Å²) in [6, 6.07) is 5.94. The van der Waals surface area contributed by atoms with Gasteiger partial charge in [0.15, 0.2) is 5.78 Å². The number of esters is 1. The van der Waals surface area contributed by atoms with E-state index in [-0.39, 0.29) is 25.0 Å². The van der Waals surface area contributed by atoms with Gasteiger partial charge in [-0.2, -0.15) is 0 Å². The minimum atomic E-state index is -0.154. The van der Waals surface area contributed by atoms with Gasteiger partial charge in [0.05, 0.1) is 0 Å². The standard InChI is InChI=1S/C47H77NO4/c1-5-7-9-11-13-15-17-19-21-23-25-27-29-31-33-35-45(49)42-51-46-38-43(40-48(3)4)37-44(39-46)41-52-47(50)36-34-32-30-28-26-24-22-20-18-16-14-12-10-8-6-2/h13-16,19-22,37-39H,5-12,17-18,23-36,40-42H2,1-4H3. The Labute approximate surface area is 320 Å². The maximum absolute atomic E-state index is 12.6. The highest BCUT2D eigenvalue weighted by Crippen LogP contribution is 2.20. The van der Waals surface area contributed by atoms with Crippen LogP contribution >= 0.6 is 0 Å². The van der Waals surface area contributed by atoms with Crippen molar-refractivity contribution in [1.29, 1.82) is 0 Å². The van der Waals surface area contributed by atoms with Crippen molar-refractivity contribution in [3.63, 3.8) is 0 Å². The van der Waals surface area contributed by atoms with Crippen molar-refractivity contribution in [2.75, 3.05) is 20.7 Å². The molecule has 0 aliphatic carbocycles. The second-order valence-corrected chi connectivity index (χ2v) is 14.7. The lowest BCUT2D eigenvalue weighted by molar-refractivity contribution is -0.145. The third-order valence-electron chi connectivity index (χ3n) is 9.06. The van der Waals surface area contributed by atoms with Gasteiger partial charge < -0.3 is 14.4 Å². The fraction of sp³-hybridized carbons (Fsp3) is 0.660. The van der Waals surface area contributed by atoms with E-state index < -0.39 is 0 Å². The van der Waals surface area contributed by atoms with Crippen LogP contribution in [0.1, 0.15) is 179 Å². The van der Waals surface area contributed by atoms with E-state index in [9.17, 15) is 9.59 Å². The molecule has 1 rings (SSSR count). The molecule has 0 saturated carbocycles. The third-order valence-corrected chi connectivity index (χ3v) is 9.06. The monoisotopic (exact) mass is 720 g/mol. The quantitative estimate of drug-likeness (QED) is 0.0397. The summed E-state index contributed by atoms with van der Waals surface area (Å²) >= 11 is 0. The Morgan fingerprint density at radius 2 is 1.02 bits per heavy atom. The van der Waals surface area contributed by atoms with Gasteiger partial charge in [-0.1, -0.05) is 133 Å². The minimum Gasteiger partial charge on any atom is -0.486 e. The topological polar surface area (TPSA) is 55.8 Å². The molecular weight excluding hydrogens is 643 g/mol. The van der Waals surface area contributed by atoms with Crippen LogP contribution in [0.4, 0.5) is 0 Å². The van der Waals surface area contributed by atoms with Gasteiger partial charge in [0.1, 0.15) is 19.0 Å². The number of nitrogens with zero attached hydrogens (tertiary/aromatic N) is 1. The number of carbonyl (C=O) groups excluding carboxylic acids is 2. The molecule has 0 aromatic heterocycles. The first-order valence-corrected chi connectivity index (χ1v) is 21.1. The molecular formula is C47H77NO4. The highest BCUT2D eigenvalue weighted by atomic mass is 16.5. The Morgan fingerprint density at radius 1 is 0.558 bits per heavy atom. The van der Waals surface area contributed by atoms with Crippen molar-refractivity contribution in [2.45, 2.75) is 181 Å². The molecule has 0 spiro atoms. The first kappa shape index (κ1) is 47.1. The molecule has 5 heteroatoms. The van der Waals surface area contributed by atoms with Crippen LogP contribution in [0.3, 0.4) is 0 Å². The highest BCUT2D eigenvalue weighted by Gasteiger charge is 2.09. The van der Waals surface area contributed by atoms with Crippen LogP contribution in [0.15, 0.2) is 66.8 Å². The summed E-state index contributed by atoms with van der Waals surface area (Å²) in [5.74, 6) is 0.639. The maximum Gasteiger partial charge on any atom is 0.306 e. The number of ether oxygens (including phenoxy) is 2. The summed E-state index contributed by atoms with van der Waals surface area (Å²) < 4.78 is 11.6. The van der Waals surface area contributed by atoms with Crippen LogP contribution in [0, 0.1) is 0 Å². The Hall–Kier alpha value is -2.92. The van der Waals surface area contributed by atoms with Gasteiger partial charge >= 0.3 is 5.97 Å². The highest BCUT2D eigenvalue weighted by molar-refractivity contribution is 5.79. The van der Waals surface area contributed by atoms with Gasteiger partial charge in [0.25, 0.3) is 0 Å². The molecule has 5 nitrogen and oxygen atoms in total. The van der Waals surface area contributed by atoms with E-state index in [2.05, 4.69) is 73.4 Å². The van der Waals surface area contributed by atoms with Crippen molar-refractivity contribution in [1.82, 2.24) is 4.90 Å². The number of Topliss-reactive ketones (excluding diaryl/α,β-unsaturated/α-hetero) is 1. The lowest BCUT2D eigenvalue weighted by Crippen LogP contribution is -2.13. The van der Waals surface area contributed by atoms with Gasteiger partial charge in [-0.25, -0.2) is 0 Å². The molecule has 0 N–H and O–H groups in total. The van der Waals surface area contributed by atoms with Crippen molar-refractivity contribution < 1.29 is 19.1 Å². The average molecular weight is 720 g/mol. The fourth-order valence-electron chi connectivity index (χ4n) is 6.04. The van der Waals surface area contributed by atoms with Crippen LogP contribution in [0.25, 0.3) is 0 Å². The molecule has 0 aliphatic heterocycles. The molecule has 0 unspecified atom stereocenters. The molecule has 52 heavy (non-hydrogen) atoms. The molecule has 294 valence electrons. The lowest BCUT2D eigenvalue weighted by atomic mass is 10.1. The molecule has 0 atom stereocenters. The van der Waals surface area contributed by atoms with E-state index >= 15 is 0 Å². The van der Waals surface area contributed by atoms with E-state index in [1.54, 1.807) is 0 Å². The first-order chi connectivity index (χ1) is 25.4. The second kappa shape index (κ2) is 35.1. The van der Waals surface area contributed by atoms with Gasteiger partial charge in [-0.05, 0) is 114 Å². The van der Waals surface area contributed by atoms with Gasteiger partial charge in [-0.15, -0.1) is 0 Å². The summed E-state index contributed by atoms with van der Waals surface area (Å²) in [7, 11) is 4.04. The first-order valence-electron chi connectivity index (χ1n) is 21.1. The summed E-state index contributed by atoms with van der Waals surface area (Å²) in [6.45, 7) is 5.52. The zero-order valence-electron chi connectivity index (χ0n) is 34.0. The van der Waals surface area contributed by atoms with Crippen LogP contribution in [0.5, 0.6) is 5.75 Å². The predicted octanol–water partition coefficient (Wildman–Crippen LogP) is 13.4. The molecule has 0 saturated heterocycles. The largest absolute Gasteiger partial charge is 0.486 e. The summed E-state index contributed by atoms with van der Waals surface area (Å²) in [4.78, 5) is 27.1. The molecule has 0 heterocycles. The molecule has 1 aromatic carbocycles. The van der Waals surface area contributed by atoms with Gasteiger partial charge in [-0.3, -0.25) is 9.59 Å². The number of ketones is 1. The number of hydrogen-bond acceptors (Lipinski definition) is 5. The van der Waals surface area contributed by atoms with E-state index in [0.29, 0.717) is 18.6 Å². The van der Waals surface area contributed by atoms with Crippen LogP contribution in [-0.2, 0) is 27.5 Å². The smallest absolute Gasteiger partial charge is 0.306 e.